The maximum Gasteiger partial charge on any atom is 0.413 e. The van der Waals surface area contributed by atoms with Crippen LogP contribution in [0.1, 0.15) is 15.9 Å². The second kappa shape index (κ2) is 5.62. The quantitative estimate of drug-likeness (QED) is 0.806. The van der Waals surface area contributed by atoms with Crippen molar-refractivity contribution in [1.29, 1.82) is 0 Å². The van der Waals surface area contributed by atoms with E-state index in [0.29, 0.717) is 6.29 Å². The van der Waals surface area contributed by atoms with E-state index in [-0.39, 0.29) is 18.0 Å². The van der Waals surface area contributed by atoms with Crippen LogP contribution in [0.3, 0.4) is 0 Å². The van der Waals surface area contributed by atoms with E-state index < -0.39 is 6.09 Å². The van der Waals surface area contributed by atoms with Gasteiger partial charge in [-0.15, -0.1) is 0 Å². The van der Waals surface area contributed by atoms with Gasteiger partial charge in [-0.3, -0.25) is 15.2 Å². The van der Waals surface area contributed by atoms with Gasteiger partial charge in [0.25, 0.3) is 0 Å². The van der Waals surface area contributed by atoms with Gasteiger partial charge in [0, 0.05) is 6.20 Å². The molecule has 0 aliphatic carbocycles. The first-order chi connectivity index (χ1) is 8.79. The number of nitrogens with zero attached hydrogens (tertiary/aromatic N) is 1. The van der Waals surface area contributed by atoms with Crippen molar-refractivity contribution in [3.8, 4) is 0 Å². The zero-order valence-corrected chi connectivity index (χ0v) is 9.42. The summed E-state index contributed by atoms with van der Waals surface area (Å²) in [7, 11) is 0. The predicted octanol–water partition coefficient (Wildman–Crippen LogP) is 1.97. The molecular weight excluding hydrogens is 234 g/mol. The Balaban J connectivity index is 1.88. The molecule has 92 valence electrons. The normalized spacial score (nSPS) is 9.78. The number of aldehydes is 1. The number of ether oxygens (including phenoxy) is 1. The summed E-state index contributed by atoms with van der Waals surface area (Å²) in [5, 5.41) is 8.57. The molecule has 0 bridgehead atoms. The number of carbonyl (C=O) groups excluding carboxylic acids is 2. The highest BCUT2D eigenvalue weighted by molar-refractivity contribution is 5.91. The van der Waals surface area contributed by atoms with Gasteiger partial charge in [-0.25, -0.2) is 4.79 Å². The van der Waals surface area contributed by atoms with E-state index in [0.717, 1.165) is 5.56 Å². The van der Waals surface area contributed by atoms with E-state index in [1.807, 2.05) is 30.3 Å². The highest BCUT2D eigenvalue weighted by Gasteiger charge is 2.09. The SMILES string of the molecule is O=Cc1c[nH]nc1NC(=O)OCc1ccccc1. The van der Waals surface area contributed by atoms with E-state index >= 15 is 0 Å². The molecule has 0 saturated carbocycles. The van der Waals surface area contributed by atoms with Crippen LogP contribution < -0.4 is 5.32 Å². The molecule has 1 heterocycles. The number of benzene rings is 1. The van der Waals surface area contributed by atoms with E-state index in [9.17, 15) is 9.59 Å². The molecule has 0 fully saturated rings. The van der Waals surface area contributed by atoms with Gasteiger partial charge in [-0.05, 0) is 5.56 Å². The van der Waals surface area contributed by atoms with Gasteiger partial charge >= 0.3 is 6.09 Å². The molecule has 0 aliphatic heterocycles. The second-order valence-corrected chi connectivity index (χ2v) is 3.49. The van der Waals surface area contributed by atoms with Crippen LogP contribution in [0.2, 0.25) is 0 Å². The number of hydrogen-bond acceptors (Lipinski definition) is 4. The molecule has 18 heavy (non-hydrogen) atoms. The van der Waals surface area contributed by atoms with Crippen LogP contribution in [0.5, 0.6) is 0 Å². The Morgan fingerprint density at radius 1 is 1.39 bits per heavy atom. The van der Waals surface area contributed by atoms with Crippen LogP contribution in [-0.4, -0.2) is 22.6 Å². The lowest BCUT2D eigenvalue weighted by Crippen LogP contribution is -2.14. The number of hydrogen-bond donors (Lipinski definition) is 2. The number of H-pyrrole nitrogens is 1. The molecule has 0 spiro atoms. The molecule has 6 nitrogen and oxygen atoms in total. The molecule has 1 amide bonds. The molecular formula is C12H11N3O3. The van der Waals surface area contributed by atoms with E-state index in [4.69, 9.17) is 4.74 Å². The van der Waals surface area contributed by atoms with Crippen LogP contribution in [0.15, 0.2) is 36.5 Å². The molecule has 1 aromatic heterocycles. The Bertz CT molecular complexity index is 537. The fourth-order valence-corrected chi connectivity index (χ4v) is 1.35. The number of amides is 1. The molecule has 0 atom stereocenters. The molecule has 1 aromatic carbocycles. The predicted molar refractivity (Wildman–Crippen MR) is 64.2 cm³/mol. The molecule has 0 saturated heterocycles. The largest absolute Gasteiger partial charge is 0.444 e. The Hall–Kier alpha value is -2.63. The lowest BCUT2D eigenvalue weighted by atomic mass is 10.2. The highest BCUT2D eigenvalue weighted by atomic mass is 16.5. The van der Waals surface area contributed by atoms with E-state index in [1.54, 1.807) is 0 Å². The maximum atomic E-state index is 11.4. The fourth-order valence-electron chi connectivity index (χ4n) is 1.35. The monoisotopic (exact) mass is 245 g/mol. The van der Waals surface area contributed by atoms with Gasteiger partial charge in [-0.2, -0.15) is 5.10 Å². The number of carbonyl (C=O) groups is 2. The van der Waals surface area contributed by atoms with Crippen LogP contribution in [0.25, 0.3) is 0 Å². The number of aromatic nitrogens is 2. The van der Waals surface area contributed by atoms with Gasteiger partial charge < -0.3 is 4.74 Å². The minimum Gasteiger partial charge on any atom is -0.444 e. The lowest BCUT2D eigenvalue weighted by Gasteiger charge is -2.05. The second-order valence-electron chi connectivity index (χ2n) is 3.49. The molecule has 2 aromatic rings. The van der Waals surface area contributed by atoms with Crippen molar-refractivity contribution in [2.75, 3.05) is 5.32 Å². The number of aromatic amines is 1. The maximum absolute atomic E-state index is 11.4. The van der Waals surface area contributed by atoms with Gasteiger partial charge in [0.05, 0.1) is 5.56 Å². The van der Waals surface area contributed by atoms with Crippen LogP contribution in [-0.2, 0) is 11.3 Å². The van der Waals surface area contributed by atoms with Crippen molar-refractivity contribution in [2.45, 2.75) is 6.61 Å². The number of rotatable bonds is 4. The van der Waals surface area contributed by atoms with E-state index in [1.165, 1.54) is 6.20 Å². The molecule has 6 heteroatoms. The summed E-state index contributed by atoms with van der Waals surface area (Å²) >= 11 is 0. The number of nitrogens with one attached hydrogen (secondary N) is 2. The Morgan fingerprint density at radius 2 is 2.17 bits per heavy atom. The van der Waals surface area contributed by atoms with Crippen LogP contribution >= 0.6 is 0 Å². The zero-order valence-electron chi connectivity index (χ0n) is 9.42. The third-order valence-electron chi connectivity index (χ3n) is 2.23. The van der Waals surface area contributed by atoms with Gasteiger partial charge in [-0.1, -0.05) is 30.3 Å². The first kappa shape index (κ1) is 11.8. The first-order valence-corrected chi connectivity index (χ1v) is 5.26. The minimum absolute atomic E-state index is 0.156. The number of anilines is 1. The average molecular weight is 245 g/mol. The van der Waals surface area contributed by atoms with Crippen molar-refractivity contribution in [1.82, 2.24) is 10.2 Å². The summed E-state index contributed by atoms with van der Waals surface area (Å²) in [5.41, 5.74) is 1.15. The summed E-state index contributed by atoms with van der Waals surface area (Å²) in [6.07, 6.45) is 1.32. The minimum atomic E-state index is -0.658. The van der Waals surface area contributed by atoms with Crippen LogP contribution in [0.4, 0.5) is 10.6 Å². The Labute approximate surface area is 103 Å². The molecule has 0 aliphatic rings. The topological polar surface area (TPSA) is 84.1 Å². The smallest absolute Gasteiger partial charge is 0.413 e. The zero-order chi connectivity index (χ0) is 12.8. The first-order valence-electron chi connectivity index (χ1n) is 5.26. The lowest BCUT2D eigenvalue weighted by molar-refractivity contribution is 0.112. The highest BCUT2D eigenvalue weighted by Crippen LogP contribution is 2.08. The van der Waals surface area contributed by atoms with Gasteiger partial charge in [0.15, 0.2) is 12.1 Å². The third-order valence-corrected chi connectivity index (χ3v) is 2.23. The van der Waals surface area contributed by atoms with Crippen LogP contribution in [0, 0.1) is 0 Å². The standard InChI is InChI=1S/C12H11N3O3/c16-7-10-6-13-15-11(10)14-12(17)18-8-9-4-2-1-3-5-9/h1-7H,8H2,(H2,13,14,15,17). The molecule has 0 unspecified atom stereocenters. The Morgan fingerprint density at radius 3 is 2.89 bits per heavy atom. The molecule has 2 rings (SSSR count). The summed E-state index contributed by atoms with van der Waals surface area (Å²) in [6.45, 7) is 0.160. The van der Waals surface area contributed by atoms with Crippen molar-refractivity contribution < 1.29 is 14.3 Å². The summed E-state index contributed by atoms with van der Waals surface area (Å²) < 4.78 is 4.98. The summed E-state index contributed by atoms with van der Waals surface area (Å²) in [4.78, 5) is 22.0. The van der Waals surface area contributed by atoms with Gasteiger partial charge in [0.2, 0.25) is 0 Å². The summed E-state index contributed by atoms with van der Waals surface area (Å²) in [6, 6.07) is 9.28. The Kier molecular flexibility index (Phi) is 3.70. The molecule has 0 radical (unpaired) electrons. The van der Waals surface area contributed by atoms with Gasteiger partial charge in [0.1, 0.15) is 6.61 Å². The third kappa shape index (κ3) is 2.94. The molecule has 2 N–H and O–H groups in total. The van der Waals surface area contributed by atoms with Crippen molar-refractivity contribution in [3.05, 3.63) is 47.7 Å². The average Bonchev–Trinajstić information content (AvgIpc) is 2.85. The van der Waals surface area contributed by atoms with Crippen molar-refractivity contribution >= 4 is 18.2 Å². The van der Waals surface area contributed by atoms with E-state index in [2.05, 4.69) is 15.5 Å². The van der Waals surface area contributed by atoms with Crippen molar-refractivity contribution in [2.24, 2.45) is 0 Å². The van der Waals surface area contributed by atoms with Crippen molar-refractivity contribution in [3.63, 3.8) is 0 Å². The fraction of sp³-hybridized carbons (Fsp3) is 0.0833. The summed E-state index contributed by atoms with van der Waals surface area (Å²) in [5.74, 6) is 0.156.